The molecule has 1 atom stereocenters. The van der Waals surface area contributed by atoms with Gasteiger partial charge in [-0.25, -0.2) is 4.99 Å². The Hall–Kier alpha value is -2.08. The number of carbonyl (C=O) groups excluding carboxylic acids is 1. The van der Waals surface area contributed by atoms with Gasteiger partial charge in [-0.2, -0.15) is 0 Å². The van der Waals surface area contributed by atoms with Gasteiger partial charge in [0.2, 0.25) is 5.91 Å². The summed E-state index contributed by atoms with van der Waals surface area (Å²) in [4.78, 5) is 21.0. The third-order valence-electron chi connectivity index (χ3n) is 4.37. The molecular formula is C20H33N5O. The standard InChI is InChI=1S/C20H33N5O/c1-5-21-20(25-11-7-8-16(2)14-25)22-13-17-9-6-10-18(12-17)23-19(26)15-24(3)4/h6,9-10,12,16H,5,7-8,11,13-15H2,1-4H3,(H,21,22)(H,23,26). The lowest BCUT2D eigenvalue weighted by Gasteiger charge is -2.33. The third kappa shape index (κ3) is 6.67. The molecule has 0 saturated carbocycles. The van der Waals surface area contributed by atoms with Crippen molar-refractivity contribution in [2.24, 2.45) is 10.9 Å². The molecule has 144 valence electrons. The number of likely N-dealkylation sites (N-methyl/N-ethyl adjacent to an activating group) is 1. The van der Waals surface area contributed by atoms with Crippen LogP contribution in [-0.2, 0) is 11.3 Å². The molecule has 1 heterocycles. The Labute approximate surface area is 157 Å². The largest absolute Gasteiger partial charge is 0.357 e. The summed E-state index contributed by atoms with van der Waals surface area (Å²) in [6, 6.07) is 7.93. The molecule has 2 rings (SSSR count). The van der Waals surface area contributed by atoms with E-state index in [2.05, 4.69) is 29.4 Å². The van der Waals surface area contributed by atoms with Crippen molar-refractivity contribution in [2.75, 3.05) is 45.6 Å². The van der Waals surface area contributed by atoms with E-state index in [0.717, 1.165) is 36.8 Å². The summed E-state index contributed by atoms with van der Waals surface area (Å²) in [7, 11) is 3.77. The Kier molecular flexibility index (Phi) is 7.91. The van der Waals surface area contributed by atoms with Gasteiger partial charge in [0.05, 0.1) is 13.1 Å². The highest BCUT2D eigenvalue weighted by Gasteiger charge is 2.19. The van der Waals surface area contributed by atoms with Crippen molar-refractivity contribution >= 4 is 17.6 Å². The predicted molar refractivity (Wildman–Crippen MR) is 108 cm³/mol. The first-order valence-electron chi connectivity index (χ1n) is 9.54. The van der Waals surface area contributed by atoms with Crippen LogP contribution in [-0.4, -0.2) is 61.9 Å². The van der Waals surface area contributed by atoms with E-state index in [1.54, 1.807) is 0 Å². The number of hydrogen-bond acceptors (Lipinski definition) is 3. The first-order valence-corrected chi connectivity index (χ1v) is 9.54. The van der Waals surface area contributed by atoms with Crippen molar-refractivity contribution in [3.05, 3.63) is 29.8 Å². The number of anilines is 1. The van der Waals surface area contributed by atoms with E-state index >= 15 is 0 Å². The Balaban J connectivity index is 2.02. The predicted octanol–water partition coefficient (Wildman–Crippen LogP) is 2.38. The number of nitrogens with zero attached hydrogens (tertiary/aromatic N) is 3. The Morgan fingerprint density at radius 1 is 1.38 bits per heavy atom. The first kappa shape index (κ1) is 20.2. The Morgan fingerprint density at radius 2 is 2.19 bits per heavy atom. The molecule has 1 fully saturated rings. The van der Waals surface area contributed by atoms with Gasteiger partial charge in [0.25, 0.3) is 0 Å². The SMILES string of the molecule is CCNC(=NCc1cccc(NC(=O)CN(C)C)c1)N1CCCC(C)C1. The number of piperidine rings is 1. The van der Waals surface area contributed by atoms with E-state index in [1.807, 2.05) is 43.3 Å². The molecule has 1 amide bonds. The van der Waals surface area contributed by atoms with Crippen LogP contribution in [0.5, 0.6) is 0 Å². The van der Waals surface area contributed by atoms with E-state index in [1.165, 1.54) is 12.8 Å². The summed E-state index contributed by atoms with van der Waals surface area (Å²) in [6.45, 7) is 8.37. The monoisotopic (exact) mass is 359 g/mol. The molecule has 6 heteroatoms. The number of carbonyl (C=O) groups is 1. The maximum atomic E-state index is 11.9. The van der Waals surface area contributed by atoms with Gasteiger partial charge in [-0.05, 0) is 57.5 Å². The van der Waals surface area contributed by atoms with Gasteiger partial charge in [-0.1, -0.05) is 19.1 Å². The third-order valence-corrected chi connectivity index (χ3v) is 4.37. The van der Waals surface area contributed by atoms with Crippen LogP contribution in [0.25, 0.3) is 0 Å². The number of amides is 1. The summed E-state index contributed by atoms with van der Waals surface area (Å²) in [5.41, 5.74) is 1.91. The van der Waals surface area contributed by atoms with Crippen LogP contribution in [0.4, 0.5) is 5.69 Å². The van der Waals surface area contributed by atoms with Crippen LogP contribution in [0.2, 0.25) is 0 Å². The lowest BCUT2D eigenvalue weighted by Crippen LogP contribution is -2.46. The topological polar surface area (TPSA) is 60.0 Å². The molecule has 26 heavy (non-hydrogen) atoms. The molecule has 1 aliphatic heterocycles. The molecule has 1 saturated heterocycles. The zero-order valence-electron chi connectivity index (χ0n) is 16.6. The van der Waals surface area contributed by atoms with Crippen LogP contribution in [0.1, 0.15) is 32.3 Å². The second-order valence-corrected chi connectivity index (χ2v) is 7.35. The fourth-order valence-electron chi connectivity index (χ4n) is 3.21. The van der Waals surface area contributed by atoms with Gasteiger partial charge in [0.1, 0.15) is 0 Å². The molecule has 0 aromatic heterocycles. The van der Waals surface area contributed by atoms with E-state index in [4.69, 9.17) is 4.99 Å². The summed E-state index contributed by atoms with van der Waals surface area (Å²) in [5, 5.41) is 6.35. The quantitative estimate of drug-likeness (QED) is 0.605. The van der Waals surface area contributed by atoms with Crippen molar-refractivity contribution < 1.29 is 4.79 Å². The number of hydrogen-bond donors (Lipinski definition) is 2. The molecule has 2 N–H and O–H groups in total. The normalized spacial score (nSPS) is 18.1. The number of guanidine groups is 1. The zero-order chi connectivity index (χ0) is 18.9. The van der Waals surface area contributed by atoms with Crippen LogP contribution < -0.4 is 10.6 Å². The molecule has 1 aromatic rings. The Morgan fingerprint density at radius 3 is 2.88 bits per heavy atom. The molecular weight excluding hydrogens is 326 g/mol. The van der Waals surface area contributed by atoms with Crippen LogP contribution in [0, 0.1) is 5.92 Å². The average molecular weight is 360 g/mol. The number of aliphatic imine (C=N–C) groups is 1. The highest BCUT2D eigenvalue weighted by molar-refractivity contribution is 5.92. The maximum absolute atomic E-state index is 11.9. The highest BCUT2D eigenvalue weighted by atomic mass is 16.2. The second kappa shape index (κ2) is 10.2. The molecule has 0 spiro atoms. The summed E-state index contributed by atoms with van der Waals surface area (Å²) < 4.78 is 0. The summed E-state index contributed by atoms with van der Waals surface area (Å²) in [6.07, 6.45) is 2.52. The minimum absolute atomic E-state index is 0.00806. The van der Waals surface area contributed by atoms with Gasteiger partial charge >= 0.3 is 0 Å². The number of likely N-dealkylation sites (tertiary alicyclic amines) is 1. The number of nitrogens with one attached hydrogen (secondary N) is 2. The first-order chi connectivity index (χ1) is 12.5. The smallest absolute Gasteiger partial charge is 0.238 e. The maximum Gasteiger partial charge on any atom is 0.238 e. The van der Waals surface area contributed by atoms with E-state index in [0.29, 0.717) is 19.0 Å². The van der Waals surface area contributed by atoms with Crippen molar-refractivity contribution in [1.82, 2.24) is 15.1 Å². The summed E-state index contributed by atoms with van der Waals surface area (Å²) in [5.74, 6) is 1.69. The Bertz CT molecular complexity index is 614. The minimum Gasteiger partial charge on any atom is -0.357 e. The van der Waals surface area contributed by atoms with E-state index < -0.39 is 0 Å². The summed E-state index contributed by atoms with van der Waals surface area (Å²) >= 11 is 0. The van der Waals surface area contributed by atoms with Crippen LogP contribution in [0.3, 0.4) is 0 Å². The van der Waals surface area contributed by atoms with Gasteiger partial charge in [-0.15, -0.1) is 0 Å². The van der Waals surface area contributed by atoms with Crippen LogP contribution >= 0.6 is 0 Å². The van der Waals surface area contributed by atoms with Crippen molar-refractivity contribution in [2.45, 2.75) is 33.2 Å². The number of rotatable bonds is 6. The zero-order valence-corrected chi connectivity index (χ0v) is 16.6. The van der Waals surface area contributed by atoms with Crippen molar-refractivity contribution in [3.8, 4) is 0 Å². The molecule has 6 nitrogen and oxygen atoms in total. The minimum atomic E-state index is -0.00806. The fraction of sp³-hybridized carbons (Fsp3) is 0.600. The molecule has 1 aromatic carbocycles. The molecule has 0 radical (unpaired) electrons. The van der Waals surface area contributed by atoms with Gasteiger partial charge < -0.3 is 20.4 Å². The lowest BCUT2D eigenvalue weighted by atomic mass is 10.0. The van der Waals surface area contributed by atoms with Crippen molar-refractivity contribution in [1.29, 1.82) is 0 Å². The van der Waals surface area contributed by atoms with Gasteiger partial charge in [-0.3, -0.25) is 4.79 Å². The van der Waals surface area contributed by atoms with E-state index in [-0.39, 0.29) is 5.91 Å². The molecule has 1 unspecified atom stereocenters. The van der Waals surface area contributed by atoms with Gasteiger partial charge in [0, 0.05) is 25.3 Å². The molecule has 0 bridgehead atoms. The highest BCUT2D eigenvalue weighted by Crippen LogP contribution is 2.16. The second-order valence-electron chi connectivity index (χ2n) is 7.35. The fourth-order valence-corrected chi connectivity index (χ4v) is 3.21. The average Bonchev–Trinajstić information content (AvgIpc) is 2.58. The van der Waals surface area contributed by atoms with Gasteiger partial charge in [0.15, 0.2) is 5.96 Å². The van der Waals surface area contributed by atoms with Crippen LogP contribution in [0.15, 0.2) is 29.3 Å². The van der Waals surface area contributed by atoms with E-state index in [9.17, 15) is 4.79 Å². The lowest BCUT2D eigenvalue weighted by molar-refractivity contribution is -0.116. The number of benzene rings is 1. The molecule has 1 aliphatic rings. The van der Waals surface area contributed by atoms with Crippen molar-refractivity contribution in [3.63, 3.8) is 0 Å². The molecule has 0 aliphatic carbocycles.